The Morgan fingerprint density at radius 3 is 3.06 bits per heavy atom. The Morgan fingerprint density at radius 2 is 2.28 bits per heavy atom. The van der Waals surface area contributed by atoms with E-state index in [2.05, 4.69) is 23.8 Å². The molecule has 1 aromatic carbocycles. The Hall–Kier alpha value is -1.77. The minimum absolute atomic E-state index is 0.568. The number of aromatic nitrogens is 2. The van der Waals surface area contributed by atoms with Crippen molar-refractivity contribution in [1.29, 1.82) is 0 Å². The van der Waals surface area contributed by atoms with Crippen LogP contribution in [0.15, 0.2) is 30.5 Å². The first-order valence-electron chi connectivity index (χ1n) is 6.49. The van der Waals surface area contributed by atoms with Gasteiger partial charge in [0.1, 0.15) is 11.6 Å². The monoisotopic (exact) mass is 242 g/mol. The summed E-state index contributed by atoms with van der Waals surface area (Å²) in [7, 11) is 1.69. The fraction of sp³-hybridized carbons (Fsp3) is 0.400. The highest BCUT2D eigenvalue weighted by molar-refractivity contribution is 5.61. The number of aryl methyl sites for hydroxylation is 1. The molecule has 0 fully saturated rings. The second kappa shape index (κ2) is 4.48. The summed E-state index contributed by atoms with van der Waals surface area (Å²) in [6.45, 7) is 3.35. The molecule has 0 amide bonds. The SMILES string of the molecule is COc1cccc(-c2cn3c(n2)C(C)CCC3)c1. The van der Waals surface area contributed by atoms with Crippen LogP contribution in [0.5, 0.6) is 5.75 Å². The van der Waals surface area contributed by atoms with Crippen LogP contribution < -0.4 is 4.74 Å². The van der Waals surface area contributed by atoms with Gasteiger partial charge < -0.3 is 9.30 Å². The van der Waals surface area contributed by atoms with Gasteiger partial charge in [0, 0.05) is 24.2 Å². The third-order valence-corrected chi connectivity index (χ3v) is 3.65. The largest absolute Gasteiger partial charge is 0.497 e. The predicted molar refractivity (Wildman–Crippen MR) is 71.9 cm³/mol. The van der Waals surface area contributed by atoms with E-state index in [0.717, 1.165) is 23.6 Å². The van der Waals surface area contributed by atoms with Crippen molar-refractivity contribution in [2.45, 2.75) is 32.2 Å². The Bertz CT molecular complexity index is 559. The van der Waals surface area contributed by atoms with Gasteiger partial charge in [-0.15, -0.1) is 0 Å². The summed E-state index contributed by atoms with van der Waals surface area (Å²) in [4.78, 5) is 4.78. The third kappa shape index (κ3) is 1.90. The van der Waals surface area contributed by atoms with Crippen LogP contribution in [-0.2, 0) is 6.54 Å². The van der Waals surface area contributed by atoms with Crippen LogP contribution >= 0.6 is 0 Å². The maximum Gasteiger partial charge on any atom is 0.119 e. The molecular formula is C15H18N2O. The van der Waals surface area contributed by atoms with Crippen molar-refractivity contribution in [3.8, 4) is 17.0 Å². The summed E-state index contributed by atoms with van der Waals surface area (Å²) in [6, 6.07) is 8.10. The molecular weight excluding hydrogens is 224 g/mol. The average Bonchev–Trinajstić information content (AvgIpc) is 2.84. The number of hydrogen-bond donors (Lipinski definition) is 0. The topological polar surface area (TPSA) is 27.1 Å². The molecule has 2 aromatic rings. The first kappa shape index (κ1) is 11.3. The fourth-order valence-electron chi connectivity index (χ4n) is 2.62. The highest BCUT2D eigenvalue weighted by atomic mass is 16.5. The van der Waals surface area contributed by atoms with Crippen LogP contribution in [0.1, 0.15) is 31.5 Å². The minimum Gasteiger partial charge on any atom is -0.497 e. The number of fused-ring (bicyclic) bond motifs is 1. The van der Waals surface area contributed by atoms with Gasteiger partial charge in [-0.25, -0.2) is 4.98 Å². The van der Waals surface area contributed by atoms with Gasteiger partial charge in [0.15, 0.2) is 0 Å². The molecule has 0 N–H and O–H groups in total. The van der Waals surface area contributed by atoms with E-state index in [1.165, 1.54) is 18.7 Å². The number of ether oxygens (including phenoxy) is 1. The first-order chi connectivity index (χ1) is 8.78. The van der Waals surface area contributed by atoms with E-state index >= 15 is 0 Å². The zero-order valence-corrected chi connectivity index (χ0v) is 10.9. The molecule has 18 heavy (non-hydrogen) atoms. The van der Waals surface area contributed by atoms with Crippen molar-refractivity contribution in [3.63, 3.8) is 0 Å². The molecule has 3 heteroatoms. The Balaban J connectivity index is 2.01. The Morgan fingerprint density at radius 1 is 1.39 bits per heavy atom. The second-order valence-electron chi connectivity index (χ2n) is 4.95. The smallest absolute Gasteiger partial charge is 0.119 e. The van der Waals surface area contributed by atoms with Crippen molar-refractivity contribution in [1.82, 2.24) is 9.55 Å². The van der Waals surface area contributed by atoms with E-state index in [1.54, 1.807) is 7.11 Å². The van der Waals surface area contributed by atoms with Gasteiger partial charge in [0.25, 0.3) is 0 Å². The molecule has 1 unspecified atom stereocenters. The number of rotatable bonds is 2. The summed E-state index contributed by atoms with van der Waals surface area (Å²) in [5.74, 6) is 2.67. The van der Waals surface area contributed by atoms with Gasteiger partial charge in [-0.05, 0) is 25.0 Å². The normalized spacial score (nSPS) is 18.4. The van der Waals surface area contributed by atoms with Crippen LogP contribution in [0.25, 0.3) is 11.3 Å². The number of methoxy groups -OCH3 is 1. The molecule has 0 saturated heterocycles. The van der Waals surface area contributed by atoms with Gasteiger partial charge in [-0.1, -0.05) is 19.1 Å². The van der Waals surface area contributed by atoms with E-state index in [1.807, 2.05) is 18.2 Å². The molecule has 94 valence electrons. The summed E-state index contributed by atoms with van der Waals surface area (Å²) < 4.78 is 7.56. The van der Waals surface area contributed by atoms with E-state index in [9.17, 15) is 0 Å². The van der Waals surface area contributed by atoms with Crippen molar-refractivity contribution in [2.24, 2.45) is 0 Å². The van der Waals surface area contributed by atoms with Crippen molar-refractivity contribution < 1.29 is 4.74 Å². The number of imidazole rings is 1. The highest BCUT2D eigenvalue weighted by Gasteiger charge is 2.19. The van der Waals surface area contributed by atoms with E-state index in [-0.39, 0.29) is 0 Å². The van der Waals surface area contributed by atoms with Gasteiger partial charge >= 0.3 is 0 Å². The molecule has 3 nitrogen and oxygen atoms in total. The number of benzene rings is 1. The average molecular weight is 242 g/mol. The standard InChI is InChI=1S/C15H18N2O/c1-11-5-4-8-17-10-14(16-15(11)17)12-6-3-7-13(9-12)18-2/h3,6-7,9-11H,4-5,8H2,1-2H3. The molecule has 3 rings (SSSR count). The van der Waals surface area contributed by atoms with E-state index in [0.29, 0.717) is 5.92 Å². The van der Waals surface area contributed by atoms with Crippen molar-refractivity contribution >= 4 is 0 Å². The lowest BCUT2D eigenvalue weighted by atomic mass is 10.0. The van der Waals surface area contributed by atoms with E-state index in [4.69, 9.17) is 9.72 Å². The summed E-state index contributed by atoms with van der Waals surface area (Å²) >= 11 is 0. The fourth-order valence-corrected chi connectivity index (χ4v) is 2.62. The van der Waals surface area contributed by atoms with Crippen LogP contribution in [0, 0.1) is 0 Å². The number of hydrogen-bond acceptors (Lipinski definition) is 2. The van der Waals surface area contributed by atoms with Gasteiger partial charge in [-0.3, -0.25) is 0 Å². The second-order valence-corrected chi connectivity index (χ2v) is 4.95. The predicted octanol–water partition coefficient (Wildman–Crippen LogP) is 3.46. The molecule has 0 bridgehead atoms. The Kier molecular flexibility index (Phi) is 2.82. The first-order valence-corrected chi connectivity index (χ1v) is 6.49. The maximum atomic E-state index is 5.26. The van der Waals surface area contributed by atoms with Crippen LogP contribution in [0.4, 0.5) is 0 Å². The van der Waals surface area contributed by atoms with Crippen LogP contribution in [-0.4, -0.2) is 16.7 Å². The third-order valence-electron chi connectivity index (χ3n) is 3.65. The summed E-state index contributed by atoms with van der Waals surface area (Å²) in [5, 5.41) is 0. The molecule has 0 aliphatic carbocycles. The lowest BCUT2D eigenvalue weighted by Crippen LogP contribution is -2.12. The van der Waals surface area contributed by atoms with Crippen molar-refractivity contribution in [2.75, 3.05) is 7.11 Å². The molecule has 0 radical (unpaired) electrons. The molecule has 0 saturated carbocycles. The van der Waals surface area contributed by atoms with E-state index < -0.39 is 0 Å². The maximum absolute atomic E-state index is 5.26. The molecule has 2 heterocycles. The molecule has 1 aromatic heterocycles. The van der Waals surface area contributed by atoms with Gasteiger partial charge in [0.05, 0.1) is 12.8 Å². The molecule has 0 spiro atoms. The minimum atomic E-state index is 0.568. The molecule has 1 atom stereocenters. The molecule has 1 aliphatic rings. The Labute approximate surface area is 107 Å². The van der Waals surface area contributed by atoms with Crippen LogP contribution in [0.3, 0.4) is 0 Å². The lowest BCUT2D eigenvalue weighted by molar-refractivity contribution is 0.415. The highest BCUT2D eigenvalue weighted by Crippen LogP contribution is 2.30. The number of nitrogens with zero attached hydrogens (tertiary/aromatic N) is 2. The molecule has 1 aliphatic heterocycles. The lowest BCUT2D eigenvalue weighted by Gasteiger charge is -2.19. The summed E-state index contributed by atoms with van der Waals surface area (Å²) in [6.07, 6.45) is 4.66. The van der Waals surface area contributed by atoms with Crippen LogP contribution in [0.2, 0.25) is 0 Å². The van der Waals surface area contributed by atoms with Crippen molar-refractivity contribution in [3.05, 3.63) is 36.3 Å². The van der Waals surface area contributed by atoms with Gasteiger partial charge in [-0.2, -0.15) is 0 Å². The zero-order valence-electron chi connectivity index (χ0n) is 10.9. The quantitative estimate of drug-likeness (QED) is 0.806. The van der Waals surface area contributed by atoms with Gasteiger partial charge in [0.2, 0.25) is 0 Å². The zero-order chi connectivity index (χ0) is 12.5. The summed E-state index contributed by atoms with van der Waals surface area (Å²) in [5.41, 5.74) is 2.18.